The smallest absolute Gasteiger partial charge is 0.315 e. The van der Waals surface area contributed by atoms with Crippen molar-refractivity contribution >= 4 is 6.03 Å². The van der Waals surface area contributed by atoms with Crippen LogP contribution in [0.15, 0.2) is 4.52 Å². The summed E-state index contributed by atoms with van der Waals surface area (Å²) in [6.07, 6.45) is 5.82. The normalized spacial score (nSPS) is 21.9. The highest BCUT2D eigenvalue weighted by Crippen LogP contribution is 2.23. The Labute approximate surface area is 137 Å². The molecule has 130 valence electrons. The summed E-state index contributed by atoms with van der Waals surface area (Å²) in [5, 5.41) is 19.2. The number of hydrogen-bond acceptors (Lipinski definition) is 5. The van der Waals surface area contributed by atoms with Gasteiger partial charge >= 0.3 is 6.03 Å². The van der Waals surface area contributed by atoms with Gasteiger partial charge in [0.25, 0.3) is 0 Å². The second-order valence-electron chi connectivity index (χ2n) is 6.54. The van der Waals surface area contributed by atoms with Gasteiger partial charge in [0.2, 0.25) is 5.89 Å². The molecule has 1 aliphatic rings. The van der Waals surface area contributed by atoms with Crippen LogP contribution in [0.2, 0.25) is 0 Å². The maximum absolute atomic E-state index is 12.0. The van der Waals surface area contributed by atoms with Crippen molar-refractivity contribution < 1.29 is 14.4 Å². The van der Waals surface area contributed by atoms with Crippen molar-refractivity contribution in [1.82, 2.24) is 20.8 Å². The summed E-state index contributed by atoms with van der Waals surface area (Å²) < 4.78 is 5.14. The molecule has 7 nitrogen and oxygen atoms in total. The zero-order valence-electron chi connectivity index (χ0n) is 14.0. The van der Waals surface area contributed by atoms with Crippen LogP contribution in [0, 0.1) is 5.92 Å². The molecule has 1 heterocycles. The van der Waals surface area contributed by atoms with Gasteiger partial charge < -0.3 is 20.3 Å². The van der Waals surface area contributed by atoms with Crippen molar-refractivity contribution in [3.63, 3.8) is 0 Å². The zero-order chi connectivity index (χ0) is 16.7. The summed E-state index contributed by atoms with van der Waals surface area (Å²) in [7, 11) is 0. The largest absolute Gasteiger partial charge is 0.396 e. The number of hydrogen-bond donors (Lipinski definition) is 3. The monoisotopic (exact) mass is 324 g/mol. The van der Waals surface area contributed by atoms with Crippen LogP contribution in [-0.4, -0.2) is 40.5 Å². The number of carbonyl (C=O) groups is 1. The van der Waals surface area contributed by atoms with Gasteiger partial charge in [0.05, 0.1) is 0 Å². The van der Waals surface area contributed by atoms with Crippen molar-refractivity contribution in [3.8, 4) is 0 Å². The molecule has 0 radical (unpaired) electrons. The quantitative estimate of drug-likeness (QED) is 0.695. The molecule has 0 aliphatic heterocycles. The number of urea groups is 1. The molecule has 2 rings (SSSR count). The molecule has 23 heavy (non-hydrogen) atoms. The zero-order valence-corrected chi connectivity index (χ0v) is 14.0. The van der Waals surface area contributed by atoms with E-state index in [-0.39, 0.29) is 30.5 Å². The van der Waals surface area contributed by atoms with Crippen LogP contribution in [0.3, 0.4) is 0 Å². The number of carbonyl (C=O) groups excluding carboxylic acids is 1. The molecule has 1 fully saturated rings. The highest BCUT2D eigenvalue weighted by Gasteiger charge is 2.24. The molecule has 2 atom stereocenters. The fraction of sp³-hybridized carbons (Fsp3) is 0.812. The minimum absolute atomic E-state index is 0.0541. The third kappa shape index (κ3) is 5.49. The Hall–Kier alpha value is -1.63. The van der Waals surface area contributed by atoms with E-state index in [0.29, 0.717) is 24.7 Å². The first kappa shape index (κ1) is 17.7. The number of aliphatic hydroxyl groups is 1. The molecule has 0 spiro atoms. The lowest BCUT2D eigenvalue weighted by Gasteiger charge is -2.24. The van der Waals surface area contributed by atoms with Gasteiger partial charge in [0.1, 0.15) is 0 Å². The molecular weight excluding hydrogens is 296 g/mol. The highest BCUT2D eigenvalue weighted by molar-refractivity contribution is 5.74. The summed E-state index contributed by atoms with van der Waals surface area (Å²) >= 11 is 0. The topological polar surface area (TPSA) is 100 Å². The molecule has 2 amide bonds. The van der Waals surface area contributed by atoms with Crippen molar-refractivity contribution in [3.05, 3.63) is 11.7 Å². The first-order chi connectivity index (χ1) is 11.1. The minimum Gasteiger partial charge on any atom is -0.396 e. The molecule has 1 aromatic rings. The highest BCUT2D eigenvalue weighted by atomic mass is 16.5. The molecule has 7 heteroatoms. The van der Waals surface area contributed by atoms with Gasteiger partial charge in [-0.15, -0.1) is 0 Å². The van der Waals surface area contributed by atoms with Crippen molar-refractivity contribution in [2.24, 2.45) is 5.92 Å². The van der Waals surface area contributed by atoms with E-state index in [1.165, 1.54) is 6.42 Å². The van der Waals surface area contributed by atoms with Gasteiger partial charge in [-0.05, 0) is 12.8 Å². The van der Waals surface area contributed by atoms with E-state index in [9.17, 15) is 9.90 Å². The molecule has 1 aromatic heterocycles. The molecular formula is C16H28N4O3. The molecule has 2 unspecified atom stereocenters. The van der Waals surface area contributed by atoms with Crippen LogP contribution in [0.4, 0.5) is 4.79 Å². The van der Waals surface area contributed by atoms with Crippen LogP contribution < -0.4 is 10.6 Å². The maximum Gasteiger partial charge on any atom is 0.315 e. The summed E-state index contributed by atoms with van der Waals surface area (Å²) in [5.74, 6) is 1.62. The van der Waals surface area contributed by atoms with Crippen molar-refractivity contribution in [1.29, 1.82) is 0 Å². The first-order valence-electron chi connectivity index (χ1n) is 8.58. The Bertz CT molecular complexity index is 489. The predicted molar refractivity (Wildman–Crippen MR) is 86.1 cm³/mol. The van der Waals surface area contributed by atoms with Gasteiger partial charge in [0, 0.05) is 37.5 Å². The molecule has 1 saturated carbocycles. The van der Waals surface area contributed by atoms with E-state index in [1.807, 2.05) is 13.8 Å². The van der Waals surface area contributed by atoms with E-state index >= 15 is 0 Å². The Morgan fingerprint density at radius 2 is 2.13 bits per heavy atom. The second kappa shape index (κ2) is 8.86. The van der Waals surface area contributed by atoms with Crippen LogP contribution in [0.1, 0.15) is 63.6 Å². The Kier molecular flexibility index (Phi) is 6.83. The fourth-order valence-electron chi connectivity index (χ4n) is 2.90. The molecule has 0 aromatic carbocycles. The summed E-state index contributed by atoms with van der Waals surface area (Å²) in [6.45, 7) is 4.59. The number of aromatic nitrogens is 2. The molecule has 3 N–H and O–H groups in total. The van der Waals surface area contributed by atoms with Crippen LogP contribution >= 0.6 is 0 Å². The lowest BCUT2D eigenvalue weighted by Crippen LogP contribution is -2.46. The average molecular weight is 324 g/mol. The lowest BCUT2D eigenvalue weighted by atomic mass is 9.96. The number of aliphatic hydroxyl groups excluding tert-OH is 1. The van der Waals surface area contributed by atoms with Crippen LogP contribution in [0.5, 0.6) is 0 Å². The summed E-state index contributed by atoms with van der Waals surface area (Å²) in [5.41, 5.74) is 0. The van der Waals surface area contributed by atoms with E-state index in [2.05, 4.69) is 20.8 Å². The van der Waals surface area contributed by atoms with Crippen molar-refractivity contribution in [2.75, 3.05) is 13.2 Å². The fourth-order valence-corrected chi connectivity index (χ4v) is 2.90. The predicted octanol–water partition coefficient (Wildman–Crippen LogP) is 1.98. The number of nitrogens with one attached hydrogen (secondary N) is 2. The lowest BCUT2D eigenvalue weighted by molar-refractivity contribution is 0.179. The second-order valence-corrected chi connectivity index (χ2v) is 6.54. The Morgan fingerprint density at radius 3 is 2.83 bits per heavy atom. The van der Waals surface area contributed by atoms with Gasteiger partial charge in [-0.3, -0.25) is 0 Å². The van der Waals surface area contributed by atoms with Gasteiger partial charge in [-0.1, -0.05) is 38.3 Å². The van der Waals surface area contributed by atoms with Gasteiger partial charge in [-0.25, -0.2) is 4.79 Å². The van der Waals surface area contributed by atoms with Gasteiger partial charge in [0.15, 0.2) is 5.82 Å². The van der Waals surface area contributed by atoms with E-state index in [4.69, 9.17) is 4.52 Å². The van der Waals surface area contributed by atoms with E-state index < -0.39 is 0 Å². The summed E-state index contributed by atoms with van der Waals surface area (Å²) in [6, 6.07) is -0.141. The average Bonchev–Trinajstić information content (AvgIpc) is 2.88. The first-order valence-corrected chi connectivity index (χ1v) is 8.58. The number of rotatable bonds is 6. The van der Waals surface area contributed by atoms with E-state index in [1.54, 1.807) is 0 Å². The van der Waals surface area contributed by atoms with Crippen LogP contribution in [-0.2, 0) is 6.42 Å². The Balaban J connectivity index is 1.73. The third-order valence-corrected chi connectivity index (χ3v) is 4.33. The van der Waals surface area contributed by atoms with Gasteiger partial charge in [-0.2, -0.15) is 4.98 Å². The Morgan fingerprint density at radius 1 is 1.35 bits per heavy atom. The summed E-state index contributed by atoms with van der Waals surface area (Å²) in [4.78, 5) is 16.3. The minimum atomic E-state index is -0.195. The molecule has 0 bridgehead atoms. The number of amides is 2. The molecule has 0 saturated heterocycles. The number of nitrogens with zero attached hydrogens (tertiary/aromatic N) is 2. The SMILES string of the molecule is CC(C)c1noc(CCNC(=O)NC2CCCCCC2CO)n1. The van der Waals surface area contributed by atoms with Crippen LogP contribution in [0.25, 0.3) is 0 Å². The standard InChI is InChI=1S/C16H28N4O3/c1-11(2)15-19-14(23-20-15)8-9-17-16(22)18-13-7-5-3-4-6-12(13)10-21/h11-13,21H,3-10H2,1-2H3,(H2,17,18,22). The maximum atomic E-state index is 12.0. The van der Waals surface area contributed by atoms with E-state index in [0.717, 1.165) is 25.7 Å². The van der Waals surface area contributed by atoms with Crippen molar-refractivity contribution in [2.45, 2.75) is 64.3 Å². The third-order valence-electron chi connectivity index (χ3n) is 4.33. The molecule has 1 aliphatic carbocycles.